The van der Waals surface area contributed by atoms with Gasteiger partial charge in [0.15, 0.2) is 0 Å². The normalized spacial score (nSPS) is 12.8. The maximum atomic E-state index is 12.4. The molecule has 6 heteroatoms. The summed E-state index contributed by atoms with van der Waals surface area (Å²) in [5, 5.41) is 23.0. The van der Waals surface area contributed by atoms with Gasteiger partial charge in [-0.2, -0.15) is 0 Å². The van der Waals surface area contributed by atoms with Crippen molar-refractivity contribution in [3.05, 3.63) is 24.3 Å². The van der Waals surface area contributed by atoms with E-state index in [1.54, 1.807) is 6.08 Å². The van der Waals surface area contributed by atoms with E-state index in [-0.39, 0.29) is 18.5 Å². The van der Waals surface area contributed by atoms with E-state index >= 15 is 0 Å². The predicted molar refractivity (Wildman–Crippen MR) is 255 cm³/mol. The first-order valence-electron chi connectivity index (χ1n) is 26.1. The van der Waals surface area contributed by atoms with Crippen LogP contribution in [0.15, 0.2) is 24.3 Å². The third-order valence-electron chi connectivity index (χ3n) is 12.0. The third kappa shape index (κ3) is 45.7. The fourth-order valence-corrected chi connectivity index (χ4v) is 7.92. The zero-order valence-electron chi connectivity index (χ0n) is 39.5. The highest BCUT2D eigenvalue weighted by molar-refractivity contribution is 5.76. The first-order chi connectivity index (χ1) is 29.0. The van der Waals surface area contributed by atoms with Gasteiger partial charge in [0, 0.05) is 12.8 Å². The number of aliphatic hydroxyl groups is 2. The molecule has 0 aliphatic heterocycles. The number of unbranched alkanes of at least 4 members (excludes halogenated alkanes) is 35. The summed E-state index contributed by atoms with van der Waals surface area (Å²) in [4.78, 5) is 24.4. The van der Waals surface area contributed by atoms with Crippen LogP contribution in [0.25, 0.3) is 0 Å². The zero-order valence-corrected chi connectivity index (χ0v) is 39.5. The second-order valence-electron chi connectivity index (χ2n) is 17.9. The molecule has 0 bridgehead atoms. The van der Waals surface area contributed by atoms with E-state index in [9.17, 15) is 19.8 Å². The Hall–Kier alpha value is -1.66. The van der Waals surface area contributed by atoms with Gasteiger partial charge in [-0.15, -0.1) is 0 Å². The van der Waals surface area contributed by atoms with Crippen LogP contribution >= 0.6 is 0 Å². The fourth-order valence-electron chi connectivity index (χ4n) is 7.92. The van der Waals surface area contributed by atoms with Crippen molar-refractivity contribution in [1.29, 1.82) is 0 Å². The number of allylic oxidation sites excluding steroid dienone is 3. The van der Waals surface area contributed by atoms with E-state index in [0.29, 0.717) is 19.4 Å². The molecule has 0 aliphatic carbocycles. The number of nitrogens with one attached hydrogen (secondary N) is 1. The van der Waals surface area contributed by atoms with Gasteiger partial charge in [-0.25, -0.2) is 0 Å². The van der Waals surface area contributed by atoms with Gasteiger partial charge in [0.25, 0.3) is 0 Å². The second kappa shape index (κ2) is 49.0. The summed E-state index contributed by atoms with van der Waals surface area (Å²) >= 11 is 0. The monoisotopic (exact) mass is 832 g/mol. The number of hydrogen-bond donors (Lipinski definition) is 3. The van der Waals surface area contributed by atoms with Gasteiger partial charge >= 0.3 is 5.97 Å². The molecule has 2 atom stereocenters. The van der Waals surface area contributed by atoms with Gasteiger partial charge in [0.1, 0.15) is 0 Å². The average molecular weight is 832 g/mol. The Balaban J connectivity index is 3.50. The number of carbonyl (C=O) groups excluding carboxylic acids is 2. The molecule has 59 heavy (non-hydrogen) atoms. The van der Waals surface area contributed by atoms with Crippen LogP contribution in [0.2, 0.25) is 0 Å². The molecule has 0 aromatic carbocycles. The molecule has 0 spiro atoms. The summed E-state index contributed by atoms with van der Waals surface area (Å²) in [6.07, 6.45) is 57.5. The lowest BCUT2D eigenvalue weighted by Gasteiger charge is -2.19. The van der Waals surface area contributed by atoms with Crippen molar-refractivity contribution in [2.24, 2.45) is 0 Å². The van der Waals surface area contributed by atoms with E-state index in [0.717, 1.165) is 70.6 Å². The summed E-state index contributed by atoms with van der Waals surface area (Å²) in [7, 11) is 0. The van der Waals surface area contributed by atoms with Gasteiger partial charge in [-0.05, 0) is 57.8 Å². The molecule has 0 heterocycles. The summed E-state index contributed by atoms with van der Waals surface area (Å²) < 4.78 is 5.46. The number of aliphatic hydroxyl groups excluding tert-OH is 2. The summed E-state index contributed by atoms with van der Waals surface area (Å²) in [5.41, 5.74) is 0. The zero-order chi connectivity index (χ0) is 43.0. The van der Waals surface area contributed by atoms with Crippen LogP contribution in [0.1, 0.15) is 277 Å². The second-order valence-corrected chi connectivity index (χ2v) is 17.9. The van der Waals surface area contributed by atoms with Gasteiger partial charge in [-0.1, -0.05) is 231 Å². The largest absolute Gasteiger partial charge is 0.466 e. The lowest BCUT2D eigenvalue weighted by Crippen LogP contribution is -2.45. The lowest BCUT2D eigenvalue weighted by atomic mass is 10.0. The molecular formula is C53H101NO5. The van der Waals surface area contributed by atoms with E-state index in [4.69, 9.17) is 4.74 Å². The van der Waals surface area contributed by atoms with Crippen molar-refractivity contribution in [2.45, 2.75) is 289 Å². The Morgan fingerprint density at radius 1 is 0.458 bits per heavy atom. The molecule has 2 unspecified atom stereocenters. The number of hydrogen-bond acceptors (Lipinski definition) is 5. The van der Waals surface area contributed by atoms with Crippen molar-refractivity contribution >= 4 is 11.9 Å². The minimum absolute atomic E-state index is 0.0109. The summed E-state index contributed by atoms with van der Waals surface area (Å²) in [5.74, 6) is -0.109. The molecule has 0 radical (unpaired) electrons. The predicted octanol–water partition coefficient (Wildman–Crippen LogP) is 15.5. The van der Waals surface area contributed by atoms with Crippen LogP contribution in [-0.4, -0.2) is 47.4 Å². The standard InChI is InChI=1S/C53H101NO5/c1-3-5-7-9-11-13-15-17-18-19-23-27-31-35-39-43-47-53(58)59-48-44-40-36-32-28-24-20-22-26-30-34-38-42-46-52(57)54-50(49-55)51(56)45-41-37-33-29-25-21-16-14-12-10-8-6-4-2/h22,26,41,45,50-51,55-56H,3-21,23-25,27-40,42-44,46-49H2,1-2H3,(H,54,57)/b26-22-,45-41+. The molecule has 0 saturated heterocycles. The smallest absolute Gasteiger partial charge is 0.305 e. The minimum atomic E-state index is -0.860. The van der Waals surface area contributed by atoms with Crippen molar-refractivity contribution < 1.29 is 24.5 Å². The Bertz CT molecular complexity index is 920. The molecular weight excluding hydrogens is 731 g/mol. The van der Waals surface area contributed by atoms with E-state index < -0.39 is 12.1 Å². The van der Waals surface area contributed by atoms with Crippen LogP contribution in [0, 0.1) is 0 Å². The Morgan fingerprint density at radius 3 is 1.22 bits per heavy atom. The molecule has 0 aromatic rings. The van der Waals surface area contributed by atoms with Crippen LogP contribution in [0.5, 0.6) is 0 Å². The lowest BCUT2D eigenvalue weighted by molar-refractivity contribution is -0.143. The average Bonchev–Trinajstić information content (AvgIpc) is 3.24. The first-order valence-corrected chi connectivity index (χ1v) is 26.1. The highest BCUT2D eigenvalue weighted by Gasteiger charge is 2.18. The molecule has 0 aliphatic rings. The summed E-state index contributed by atoms with van der Waals surface area (Å²) in [6, 6.07) is -0.646. The number of ether oxygens (including phenoxy) is 1. The van der Waals surface area contributed by atoms with Crippen LogP contribution < -0.4 is 5.32 Å². The van der Waals surface area contributed by atoms with Crippen LogP contribution in [0.4, 0.5) is 0 Å². The van der Waals surface area contributed by atoms with E-state index in [1.165, 1.54) is 180 Å². The van der Waals surface area contributed by atoms with Gasteiger partial charge < -0.3 is 20.3 Å². The highest BCUT2D eigenvalue weighted by atomic mass is 16.5. The van der Waals surface area contributed by atoms with Crippen LogP contribution in [0.3, 0.4) is 0 Å². The van der Waals surface area contributed by atoms with E-state index in [1.807, 2.05) is 6.08 Å². The number of carbonyl (C=O) groups is 2. The molecule has 3 N–H and O–H groups in total. The number of amides is 1. The van der Waals surface area contributed by atoms with Crippen molar-refractivity contribution in [3.8, 4) is 0 Å². The van der Waals surface area contributed by atoms with Crippen molar-refractivity contribution in [3.63, 3.8) is 0 Å². The van der Waals surface area contributed by atoms with E-state index in [2.05, 4.69) is 31.3 Å². The molecule has 0 aromatic heterocycles. The molecule has 1 amide bonds. The third-order valence-corrected chi connectivity index (χ3v) is 12.0. The Kier molecular flexibility index (Phi) is 47.6. The number of esters is 1. The van der Waals surface area contributed by atoms with Gasteiger partial charge in [0.2, 0.25) is 5.91 Å². The molecule has 0 rings (SSSR count). The molecule has 0 fully saturated rings. The van der Waals surface area contributed by atoms with Gasteiger partial charge in [0.05, 0.1) is 25.4 Å². The molecule has 348 valence electrons. The number of rotatable bonds is 48. The minimum Gasteiger partial charge on any atom is -0.466 e. The quantitative estimate of drug-likeness (QED) is 0.0322. The van der Waals surface area contributed by atoms with Crippen molar-refractivity contribution in [2.75, 3.05) is 13.2 Å². The SMILES string of the molecule is CCCCCCCCCCCCC/C=C/C(O)C(CO)NC(=O)CCCCC/C=C\CCCCCCCCOC(=O)CCCCCCCCCCCCCCCCCC. The Labute approximate surface area is 367 Å². The van der Waals surface area contributed by atoms with Crippen LogP contribution in [-0.2, 0) is 14.3 Å². The summed E-state index contributed by atoms with van der Waals surface area (Å²) in [6.45, 7) is 4.86. The maximum Gasteiger partial charge on any atom is 0.305 e. The maximum absolute atomic E-state index is 12.4. The topological polar surface area (TPSA) is 95.9 Å². The first kappa shape index (κ1) is 57.3. The Morgan fingerprint density at radius 2 is 0.797 bits per heavy atom. The molecule has 6 nitrogen and oxygen atoms in total. The van der Waals surface area contributed by atoms with Gasteiger partial charge in [-0.3, -0.25) is 9.59 Å². The molecule has 0 saturated carbocycles. The fraction of sp³-hybridized carbons (Fsp3) is 0.887. The highest BCUT2D eigenvalue weighted by Crippen LogP contribution is 2.16. The van der Waals surface area contributed by atoms with Crippen molar-refractivity contribution in [1.82, 2.24) is 5.32 Å².